The van der Waals surface area contributed by atoms with Crippen LogP contribution >= 0.6 is 0 Å². The fourth-order valence-corrected chi connectivity index (χ4v) is 3.11. The number of anilines is 1. The number of allylic oxidation sites excluding steroid dienone is 1. The Labute approximate surface area is 215 Å². The lowest BCUT2D eigenvalue weighted by molar-refractivity contribution is -0.121. The minimum Gasteiger partial charge on any atom is -0.399 e. The van der Waals surface area contributed by atoms with Crippen LogP contribution < -0.4 is 5.73 Å². The highest BCUT2D eigenvalue weighted by molar-refractivity contribution is 5.83. The molecule has 200 valence electrons. The van der Waals surface area contributed by atoms with E-state index >= 15 is 0 Å². The molecule has 2 nitrogen and oxygen atoms in total. The van der Waals surface area contributed by atoms with E-state index in [1.165, 1.54) is 49.7 Å². The zero-order valence-corrected chi connectivity index (χ0v) is 24.5. The summed E-state index contributed by atoms with van der Waals surface area (Å²) in [5.74, 6) is 0.655. The Balaban J connectivity index is -0.000000131. The molecule has 1 atom stereocenters. The predicted molar refractivity (Wildman–Crippen MR) is 162 cm³/mol. The molecule has 0 aromatic heterocycles. The summed E-state index contributed by atoms with van der Waals surface area (Å²) in [4.78, 5) is 11.9. The van der Waals surface area contributed by atoms with E-state index in [9.17, 15) is 4.79 Å². The van der Waals surface area contributed by atoms with E-state index in [-0.39, 0.29) is 5.92 Å². The summed E-state index contributed by atoms with van der Waals surface area (Å²) in [7, 11) is 0. The van der Waals surface area contributed by atoms with Gasteiger partial charge in [0.1, 0.15) is 5.78 Å². The highest BCUT2D eigenvalue weighted by Gasteiger charge is 2.22. The molecular formula is C32H61NO. The topological polar surface area (TPSA) is 43.1 Å². The minimum absolute atomic E-state index is 0.198. The molecule has 2 heteroatoms. The van der Waals surface area contributed by atoms with Crippen molar-refractivity contribution in [1.29, 1.82) is 0 Å². The summed E-state index contributed by atoms with van der Waals surface area (Å²) in [6, 6.07) is 7.79. The molecule has 1 aromatic carbocycles. The number of hydrogen-bond donors (Lipinski definition) is 1. The second-order valence-electron chi connectivity index (χ2n) is 7.00. The summed E-state index contributed by atoms with van der Waals surface area (Å²) >= 11 is 0. The van der Waals surface area contributed by atoms with Gasteiger partial charge in [-0.05, 0) is 44.7 Å². The second-order valence-corrected chi connectivity index (χ2v) is 7.00. The zero-order chi connectivity index (χ0) is 27.8. The van der Waals surface area contributed by atoms with Gasteiger partial charge in [0.25, 0.3) is 0 Å². The lowest BCUT2D eigenvalue weighted by Crippen LogP contribution is -2.14. The molecule has 1 aromatic rings. The Morgan fingerprint density at radius 3 is 1.79 bits per heavy atom. The van der Waals surface area contributed by atoms with Gasteiger partial charge in [-0.25, -0.2) is 0 Å². The van der Waals surface area contributed by atoms with Crippen LogP contribution in [0.15, 0.2) is 62.7 Å². The SMILES string of the molecule is C=C.C=C.C=C(CCCCCC)C1CCCCCC1=O.CC.CC.CC.Cc1ccc(N)cc1. The average molecular weight is 476 g/mol. The third-order valence-corrected chi connectivity index (χ3v) is 4.73. The first-order valence-electron chi connectivity index (χ1n) is 13.6. The van der Waals surface area contributed by atoms with Gasteiger partial charge in [0.15, 0.2) is 0 Å². The minimum atomic E-state index is 0.198. The number of nitrogens with two attached hydrogens (primary N) is 1. The summed E-state index contributed by atoms with van der Waals surface area (Å²) in [5.41, 5.74) is 8.72. The molecule has 0 spiro atoms. The number of ketones is 1. The van der Waals surface area contributed by atoms with Crippen molar-refractivity contribution in [3.8, 4) is 0 Å². The molecule has 1 fully saturated rings. The van der Waals surface area contributed by atoms with Crippen LogP contribution in [0.2, 0.25) is 0 Å². The van der Waals surface area contributed by atoms with Gasteiger partial charge < -0.3 is 5.73 Å². The average Bonchev–Trinajstić information content (AvgIpc) is 3.14. The zero-order valence-electron chi connectivity index (χ0n) is 24.5. The number of rotatable bonds is 6. The van der Waals surface area contributed by atoms with Crippen LogP contribution in [-0.4, -0.2) is 5.78 Å². The van der Waals surface area contributed by atoms with Crippen LogP contribution in [-0.2, 0) is 4.79 Å². The van der Waals surface area contributed by atoms with Gasteiger partial charge in [-0.3, -0.25) is 4.79 Å². The van der Waals surface area contributed by atoms with E-state index in [0.29, 0.717) is 5.78 Å². The standard InChI is InChI=1S/C15H26O.C7H9N.3C2H6.2C2H4/c1-3-4-5-7-10-13(2)14-11-8-6-9-12-15(14)16;1-6-2-4-7(8)5-3-6;5*1-2/h14H,2-12H2,1H3;2-5H,8H2,1H3;3*1-2H3;2*1-2H2. The second kappa shape index (κ2) is 38.2. The molecule has 1 aliphatic rings. The van der Waals surface area contributed by atoms with Gasteiger partial charge >= 0.3 is 0 Å². The molecule has 1 saturated carbocycles. The van der Waals surface area contributed by atoms with Crippen molar-refractivity contribution >= 4 is 11.5 Å². The van der Waals surface area contributed by atoms with Crippen LogP contribution in [0.4, 0.5) is 5.69 Å². The Kier molecular flexibility index (Phi) is 47.3. The molecule has 2 N–H and O–H groups in total. The third kappa shape index (κ3) is 27.9. The van der Waals surface area contributed by atoms with Crippen molar-refractivity contribution in [3.63, 3.8) is 0 Å². The molecule has 1 aliphatic carbocycles. The van der Waals surface area contributed by atoms with Crippen molar-refractivity contribution in [2.75, 3.05) is 5.73 Å². The van der Waals surface area contributed by atoms with Gasteiger partial charge in [0.05, 0.1) is 0 Å². The lowest BCUT2D eigenvalue weighted by atomic mass is 9.88. The number of carbonyl (C=O) groups excluding carboxylic acids is 1. The van der Waals surface area contributed by atoms with Crippen LogP contribution in [0.3, 0.4) is 0 Å². The molecule has 0 aliphatic heterocycles. The maximum atomic E-state index is 11.9. The summed E-state index contributed by atoms with van der Waals surface area (Å²) < 4.78 is 0. The first kappa shape index (κ1) is 42.1. The first-order valence-corrected chi connectivity index (χ1v) is 13.6. The van der Waals surface area contributed by atoms with Crippen molar-refractivity contribution in [2.24, 2.45) is 5.92 Å². The highest BCUT2D eigenvalue weighted by Crippen LogP contribution is 2.28. The first-order chi connectivity index (χ1) is 16.5. The van der Waals surface area contributed by atoms with Crippen LogP contribution in [0.5, 0.6) is 0 Å². The maximum absolute atomic E-state index is 11.9. The van der Waals surface area contributed by atoms with E-state index in [1.807, 2.05) is 72.7 Å². The Hall–Kier alpha value is -2.09. The third-order valence-electron chi connectivity index (χ3n) is 4.73. The van der Waals surface area contributed by atoms with Gasteiger partial charge in [0.2, 0.25) is 0 Å². The molecule has 0 amide bonds. The largest absolute Gasteiger partial charge is 0.399 e. The predicted octanol–water partition coefficient (Wildman–Crippen LogP) is 10.9. The van der Waals surface area contributed by atoms with Crippen molar-refractivity contribution in [2.45, 2.75) is 120 Å². The molecule has 0 bridgehead atoms. The van der Waals surface area contributed by atoms with E-state index in [4.69, 9.17) is 5.73 Å². The molecule has 2 rings (SSSR count). The van der Waals surface area contributed by atoms with Crippen molar-refractivity contribution in [3.05, 3.63) is 68.3 Å². The van der Waals surface area contributed by atoms with Crippen LogP contribution in [0.25, 0.3) is 0 Å². The van der Waals surface area contributed by atoms with E-state index in [0.717, 1.165) is 31.4 Å². The number of benzene rings is 1. The fourth-order valence-electron chi connectivity index (χ4n) is 3.11. The van der Waals surface area contributed by atoms with Gasteiger partial charge in [-0.1, -0.05) is 110 Å². The molecular weight excluding hydrogens is 414 g/mol. The normalized spacial score (nSPS) is 13.2. The number of unbranched alkanes of at least 4 members (excludes halogenated alkanes) is 3. The summed E-state index contributed by atoms with van der Waals surface area (Å²) in [5, 5.41) is 0. The monoisotopic (exact) mass is 475 g/mol. The number of nitrogen functional groups attached to an aromatic ring is 1. The smallest absolute Gasteiger partial charge is 0.139 e. The highest BCUT2D eigenvalue weighted by atomic mass is 16.1. The van der Waals surface area contributed by atoms with Crippen LogP contribution in [0.1, 0.15) is 118 Å². The molecule has 1 unspecified atom stereocenters. The summed E-state index contributed by atoms with van der Waals surface area (Å²) in [6.45, 7) is 32.4. The number of carbonyl (C=O) groups is 1. The number of aryl methyl sites for hydroxylation is 1. The fraction of sp³-hybridized carbons (Fsp3) is 0.594. The molecule has 0 radical (unpaired) electrons. The Bertz CT molecular complexity index is 495. The van der Waals surface area contributed by atoms with E-state index in [2.05, 4.69) is 39.8 Å². The number of hydrogen-bond acceptors (Lipinski definition) is 2. The maximum Gasteiger partial charge on any atom is 0.139 e. The van der Waals surface area contributed by atoms with Crippen LogP contribution in [0, 0.1) is 12.8 Å². The van der Waals surface area contributed by atoms with Crippen molar-refractivity contribution in [1.82, 2.24) is 0 Å². The lowest BCUT2D eigenvalue weighted by Gasteiger charge is -2.16. The molecule has 0 heterocycles. The molecule has 0 saturated heterocycles. The van der Waals surface area contributed by atoms with Gasteiger partial charge in [-0.15, -0.1) is 26.3 Å². The van der Waals surface area contributed by atoms with Gasteiger partial charge in [0, 0.05) is 18.0 Å². The Morgan fingerprint density at radius 2 is 1.35 bits per heavy atom. The quantitative estimate of drug-likeness (QED) is 0.192. The number of Topliss-reactive ketones (excluding diaryl/α,β-unsaturated/α-hetero) is 1. The van der Waals surface area contributed by atoms with Gasteiger partial charge in [-0.2, -0.15) is 0 Å². The van der Waals surface area contributed by atoms with E-state index in [1.54, 1.807) is 0 Å². The Morgan fingerprint density at radius 1 is 0.853 bits per heavy atom. The van der Waals surface area contributed by atoms with E-state index < -0.39 is 0 Å². The summed E-state index contributed by atoms with van der Waals surface area (Å²) in [6.07, 6.45) is 11.5. The molecule has 34 heavy (non-hydrogen) atoms. The van der Waals surface area contributed by atoms with Crippen molar-refractivity contribution < 1.29 is 4.79 Å².